The highest BCUT2D eigenvalue weighted by molar-refractivity contribution is 5.95. The van der Waals surface area contributed by atoms with Gasteiger partial charge in [0.1, 0.15) is 11.6 Å². The molecule has 3 aromatic carbocycles. The first-order chi connectivity index (χ1) is 18.4. The molecule has 0 aliphatic heterocycles. The summed E-state index contributed by atoms with van der Waals surface area (Å²) >= 11 is 0. The van der Waals surface area contributed by atoms with E-state index in [0.29, 0.717) is 43.5 Å². The number of hydrogen-bond donors (Lipinski definition) is 2. The molecular weight excluding hydrogens is 482 g/mol. The van der Waals surface area contributed by atoms with Gasteiger partial charge in [0.2, 0.25) is 0 Å². The van der Waals surface area contributed by atoms with Gasteiger partial charge in [-0.1, -0.05) is 61.4 Å². The number of carbonyl (C=O) groups excluding carboxylic acids is 1. The summed E-state index contributed by atoms with van der Waals surface area (Å²) in [5.41, 5.74) is 5.11. The maximum atomic E-state index is 13.9. The van der Waals surface area contributed by atoms with Gasteiger partial charge in [-0.3, -0.25) is 4.79 Å². The molecule has 7 heteroatoms. The van der Waals surface area contributed by atoms with Gasteiger partial charge in [0.05, 0.1) is 23.1 Å². The van der Waals surface area contributed by atoms with Crippen molar-refractivity contribution < 1.29 is 13.6 Å². The van der Waals surface area contributed by atoms with Crippen LogP contribution >= 0.6 is 0 Å². The number of benzene rings is 3. The van der Waals surface area contributed by atoms with Crippen molar-refractivity contribution in [1.82, 2.24) is 20.4 Å². The molecular formula is C31H34F2N4O. The summed E-state index contributed by atoms with van der Waals surface area (Å²) in [5, 5.41) is 11.0. The van der Waals surface area contributed by atoms with Crippen LogP contribution in [0.1, 0.15) is 52.5 Å². The summed E-state index contributed by atoms with van der Waals surface area (Å²) in [4.78, 5) is 13.5. The molecule has 0 saturated heterocycles. The predicted octanol–water partition coefficient (Wildman–Crippen LogP) is 5.93. The molecule has 1 aromatic heterocycles. The lowest BCUT2D eigenvalue weighted by atomic mass is 10.0. The second kappa shape index (κ2) is 13.1. The lowest BCUT2D eigenvalue weighted by molar-refractivity contribution is 0.0934. The van der Waals surface area contributed by atoms with Crippen molar-refractivity contribution in [2.24, 2.45) is 0 Å². The summed E-state index contributed by atoms with van der Waals surface area (Å²) in [6.07, 6.45) is 4.04. The van der Waals surface area contributed by atoms with E-state index in [1.165, 1.54) is 23.3 Å². The quantitative estimate of drug-likeness (QED) is 0.229. The zero-order valence-corrected chi connectivity index (χ0v) is 21.9. The Morgan fingerprint density at radius 3 is 2.45 bits per heavy atom. The van der Waals surface area contributed by atoms with Crippen LogP contribution in [0.2, 0.25) is 0 Å². The van der Waals surface area contributed by atoms with Gasteiger partial charge in [-0.25, -0.2) is 13.5 Å². The molecule has 0 unspecified atom stereocenters. The molecule has 5 nitrogen and oxygen atoms in total. The van der Waals surface area contributed by atoms with Gasteiger partial charge in [-0.2, -0.15) is 5.10 Å². The summed E-state index contributed by atoms with van der Waals surface area (Å²) in [5.74, 6) is -1.50. The Labute approximate surface area is 222 Å². The van der Waals surface area contributed by atoms with E-state index in [4.69, 9.17) is 0 Å². The van der Waals surface area contributed by atoms with Crippen LogP contribution in [0.3, 0.4) is 0 Å². The average molecular weight is 517 g/mol. The number of amides is 1. The number of aromatic nitrogens is 2. The molecule has 2 N–H and O–H groups in total. The Morgan fingerprint density at radius 2 is 1.74 bits per heavy atom. The van der Waals surface area contributed by atoms with Crippen molar-refractivity contribution in [2.75, 3.05) is 6.54 Å². The number of nitrogens with one attached hydrogen (secondary N) is 2. The third kappa shape index (κ3) is 7.35. The standard InChI is InChI=1S/C31H34F2N4O/c1-3-8-30-29(21-35-37(30)28-11-5-4-6-12-28)31(38)36-27(18-24-16-25(32)19-26(33)17-24)13-14-34-20-23-10-7-9-22(2)15-23/h4-7,9-12,15-17,19,21,27,34H,3,8,13-14,18,20H2,1-2H3,(H,36,38)/t27-/m1/s1. The van der Waals surface area contributed by atoms with Gasteiger partial charge < -0.3 is 10.6 Å². The molecule has 1 amide bonds. The van der Waals surface area contributed by atoms with Crippen molar-refractivity contribution in [3.63, 3.8) is 0 Å². The lowest BCUT2D eigenvalue weighted by Gasteiger charge is -2.20. The molecule has 198 valence electrons. The molecule has 1 atom stereocenters. The Balaban J connectivity index is 1.50. The highest BCUT2D eigenvalue weighted by Gasteiger charge is 2.21. The molecule has 0 fully saturated rings. The zero-order valence-electron chi connectivity index (χ0n) is 21.9. The number of para-hydroxylation sites is 1. The molecule has 4 aromatic rings. The summed E-state index contributed by atoms with van der Waals surface area (Å²) < 4.78 is 29.6. The second-order valence-corrected chi connectivity index (χ2v) is 9.61. The van der Waals surface area contributed by atoms with E-state index < -0.39 is 11.6 Å². The van der Waals surface area contributed by atoms with Crippen LogP contribution in [0.4, 0.5) is 8.78 Å². The maximum absolute atomic E-state index is 13.9. The molecule has 0 aliphatic rings. The fourth-order valence-corrected chi connectivity index (χ4v) is 4.67. The molecule has 0 spiro atoms. The van der Waals surface area contributed by atoms with Crippen LogP contribution in [-0.2, 0) is 19.4 Å². The Morgan fingerprint density at radius 1 is 0.974 bits per heavy atom. The third-order valence-electron chi connectivity index (χ3n) is 6.42. The van der Waals surface area contributed by atoms with Crippen molar-refractivity contribution in [1.29, 1.82) is 0 Å². The SMILES string of the molecule is CCCc1c(C(=O)N[C@H](CCNCc2cccc(C)c2)Cc2cc(F)cc(F)c2)cnn1-c1ccccc1. The Hall–Kier alpha value is -3.84. The monoisotopic (exact) mass is 516 g/mol. The number of aryl methyl sites for hydroxylation is 1. The largest absolute Gasteiger partial charge is 0.349 e. The minimum Gasteiger partial charge on any atom is -0.349 e. The van der Waals surface area contributed by atoms with Gasteiger partial charge in [-0.15, -0.1) is 0 Å². The first-order valence-electron chi connectivity index (χ1n) is 13.1. The molecule has 0 bridgehead atoms. The first kappa shape index (κ1) is 27.2. The zero-order chi connectivity index (χ0) is 26.9. The van der Waals surface area contributed by atoms with Crippen LogP contribution in [0.5, 0.6) is 0 Å². The van der Waals surface area contributed by atoms with Gasteiger partial charge >= 0.3 is 0 Å². The Kier molecular flexibility index (Phi) is 9.38. The predicted molar refractivity (Wildman–Crippen MR) is 146 cm³/mol. The van der Waals surface area contributed by atoms with Crippen molar-refractivity contribution in [3.05, 3.63) is 119 Å². The van der Waals surface area contributed by atoms with Crippen molar-refractivity contribution in [2.45, 2.75) is 52.1 Å². The minimum absolute atomic E-state index is 0.240. The van der Waals surface area contributed by atoms with E-state index in [2.05, 4.69) is 47.8 Å². The maximum Gasteiger partial charge on any atom is 0.255 e. The van der Waals surface area contributed by atoms with E-state index >= 15 is 0 Å². The third-order valence-corrected chi connectivity index (χ3v) is 6.42. The van der Waals surface area contributed by atoms with Crippen LogP contribution in [-0.4, -0.2) is 28.3 Å². The molecule has 0 saturated carbocycles. The van der Waals surface area contributed by atoms with Crippen LogP contribution < -0.4 is 10.6 Å². The van der Waals surface area contributed by atoms with Gasteiger partial charge in [-0.05, 0) is 68.1 Å². The van der Waals surface area contributed by atoms with Crippen LogP contribution in [0.25, 0.3) is 5.69 Å². The molecule has 4 rings (SSSR count). The van der Waals surface area contributed by atoms with E-state index in [9.17, 15) is 13.6 Å². The van der Waals surface area contributed by atoms with Gasteiger partial charge in [0.15, 0.2) is 0 Å². The highest BCUT2D eigenvalue weighted by atomic mass is 19.1. The molecule has 1 heterocycles. The fraction of sp³-hybridized carbons (Fsp3) is 0.290. The fourth-order valence-electron chi connectivity index (χ4n) is 4.67. The van der Waals surface area contributed by atoms with Gasteiger partial charge in [0.25, 0.3) is 5.91 Å². The Bertz CT molecular complexity index is 1330. The number of hydrogen-bond acceptors (Lipinski definition) is 3. The van der Waals surface area contributed by atoms with Crippen molar-refractivity contribution >= 4 is 5.91 Å². The lowest BCUT2D eigenvalue weighted by Crippen LogP contribution is -2.39. The topological polar surface area (TPSA) is 59.0 Å². The molecule has 0 aliphatic carbocycles. The summed E-state index contributed by atoms with van der Waals surface area (Å²) in [7, 11) is 0. The normalized spacial score (nSPS) is 11.9. The van der Waals surface area contributed by atoms with E-state index in [0.717, 1.165) is 23.9 Å². The van der Waals surface area contributed by atoms with E-state index in [1.54, 1.807) is 10.9 Å². The van der Waals surface area contributed by atoms with Crippen molar-refractivity contribution in [3.8, 4) is 5.69 Å². The average Bonchev–Trinajstić information content (AvgIpc) is 3.30. The molecule has 38 heavy (non-hydrogen) atoms. The molecule has 0 radical (unpaired) electrons. The van der Waals surface area contributed by atoms with Crippen LogP contribution in [0, 0.1) is 18.6 Å². The number of carbonyl (C=O) groups is 1. The van der Waals surface area contributed by atoms with Gasteiger partial charge in [0, 0.05) is 18.7 Å². The summed E-state index contributed by atoms with van der Waals surface area (Å²) in [6, 6.07) is 21.1. The number of rotatable bonds is 12. The second-order valence-electron chi connectivity index (χ2n) is 9.61. The first-order valence-corrected chi connectivity index (χ1v) is 13.1. The minimum atomic E-state index is -0.628. The summed E-state index contributed by atoms with van der Waals surface area (Å²) in [6.45, 7) is 5.44. The number of halogens is 2. The highest BCUT2D eigenvalue weighted by Crippen LogP contribution is 2.18. The number of nitrogens with zero attached hydrogens (tertiary/aromatic N) is 2. The van der Waals surface area contributed by atoms with Crippen LogP contribution in [0.15, 0.2) is 79.0 Å². The van der Waals surface area contributed by atoms with E-state index in [1.807, 2.05) is 36.4 Å². The smallest absolute Gasteiger partial charge is 0.255 e. The van der Waals surface area contributed by atoms with E-state index in [-0.39, 0.29) is 11.9 Å².